The lowest BCUT2D eigenvalue weighted by Crippen LogP contribution is -2.42. The molecular weight excluding hydrogens is 276 g/mol. The average Bonchev–Trinajstić information content (AvgIpc) is 3.00. The lowest BCUT2D eigenvalue weighted by Gasteiger charge is -2.33. The molecule has 0 spiro atoms. The van der Waals surface area contributed by atoms with Crippen LogP contribution in [0.1, 0.15) is 12.8 Å². The van der Waals surface area contributed by atoms with Gasteiger partial charge in [0.1, 0.15) is 12.0 Å². The first kappa shape index (κ1) is 13.2. The molecule has 1 aliphatic rings. The number of nitrogens with one attached hydrogen (secondary N) is 1. The van der Waals surface area contributed by atoms with E-state index in [1.807, 2.05) is 24.8 Å². The number of pyridine rings is 1. The number of H-pyrrole nitrogens is 1. The summed E-state index contributed by atoms with van der Waals surface area (Å²) in [5.41, 5.74) is 10.3. The van der Waals surface area contributed by atoms with Crippen molar-refractivity contribution in [2.24, 2.45) is 5.73 Å². The number of hydrogen-bond donors (Lipinski definition) is 2. The van der Waals surface area contributed by atoms with Crippen LogP contribution in [0.15, 0.2) is 37.2 Å². The number of fused-ring (bicyclic) bond motifs is 1. The van der Waals surface area contributed by atoms with E-state index >= 15 is 0 Å². The van der Waals surface area contributed by atoms with E-state index in [2.05, 4.69) is 30.9 Å². The highest BCUT2D eigenvalue weighted by molar-refractivity contribution is 6.02. The molecule has 112 valence electrons. The van der Waals surface area contributed by atoms with Crippen molar-refractivity contribution < 1.29 is 0 Å². The maximum atomic E-state index is 6.15. The zero-order valence-electron chi connectivity index (χ0n) is 12.2. The summed E-state index contributed by atoms with van der Waals surface area (Å²) in [6.45, 7) is 1.91. The van der Waals surface area contributed by atoms with E-state index in [4.69, 9.17) is 5.73 Å². The normalized spacial score (nSPS) is 18.8. The van der Waals surface area contributed by atoms with Crippen LogP contribution in [-0.4, -0.2) is 39.1 Å². The van der Waals surface area contributed by atoms with Crippen molar-refractivity contribution >= 4 is 16.7 Å². The van der Waals surface area contributed by atoms with E-state index in [9.17, 15) is 0 Å². The van der Waals surface area contributed by atoms with Crippen molar-refractivity contribution in [1.82, 2.24) is 19.9 Å². The maximum Gasteiger partial charge on any atom is 0.139 e. The van der Waals surface area contributed by atoms with Gasteiger partial charge in [0, 0.05) is 60.7 Å². The minimum Gasteiger partial charge on any atom is -0.369 e. The predicted octanol–water partition coefficient (Wildman–Crippen LogP) is 1.95. The minimum absolute atomic E-state index is 0.236. The third kappa shape index (κ3) is 2.21. The quantitative estimate of drug-likeness (QED) is 0.754. The van der Waals surface area contributed by atoms with Crippen molar-refractivity contribution in [3.63, 3.8) is 0 Å². The molecule has 6 nitrogen and oxygen atoms in total. The molecule has 0 unspecified atom stereocenters. The summed E-state index contributed by atoms with van der Waals surface area (Å²) in [5, 5.41) is 1.12. The van der Waals surface area contributed by atoms with Gasteiger partial charge in [-0.15, -0.1) is 0 Å². The molecule has 4 rings (SSSR count). The summed E-state index contributed by atoms with van der Waals surface area (Å²) in [5.74, 6) is 0. The van der Waals surface area contributed by atoms with Gasteiger partial charge in [-0.1, -0.05) is 0 Å². The van der Waals surface area contributed by atoms with Crippen LogP contribution in [0.3, 0.4) is 0 Å². The molecule has 3 N–H and O–H groups in total. The first-order valence-electron chi connectivity index (χ1n) is 7.55. The molecule has 0 bridgehead atoms. The Labute approximate surface area is 128 Å². The Balaban J connectivity index is 1.86. The Bertz CT molecular complexity index is 782. The molecule has 3 aromatic heterocycles. The Morgan fingerprint density at radius 2 is 2.14 bits per heavy atom. The highest BCUT2D eigenvalue weighted by Crippen LogP contribution is 2.35. The van der Waals surface area contributed by atoms with Gasteiger partial charge in [-0.25, -0.2) is 15.0 Å². The molecule has 0 aromatic carbocycles. The monoisotopic (exact) mass is 294 g/mol. The molecule has 0 radical (unpaired) electrons. The number of rotatable bonds is 2. The summed E-state index contributed by atoms with van der Waals surface area (Å²) in [7, 11) is 0. The van der Waals surface area contributed by atoms with Crippen molar-refractivity contribution in [1.29, 1.82) is 0 Å². The largest absolute Gasteiger partial charge is 0.369 e. The lowest BCUT2D eigenvalue weighted by atomic mass is 10.0. The van der Waals surface area contributed by atoms with Crippen molar-refractivity contribution in [3.8, 4) is 11.1 Å². The van der Waals surface area contributed by atoms with E-state index in [1.54, 1.807) is 6.33 Å². The van der Waals surface area contributed by atoms with E-state index < -0.39 is 0 Å². The number of piperidine rings is 1. The third-order valence-corrected chi connectivity index (χ3v) is 4.22. The second kappa shape index (κ2) is 5.38. The second-order valence-electron chi connectivity index (χ2n) is 5.73. The Kier molecular flexibility index (Phi) is 3.23. The number of nitrogens with two attached hydrogens (primary N) is 1. The Hall–Kier alpha value is -2.47. The van der Waals surface area contributed by atoms with Crippen LogP contribution in [0.4, 0.5) is 5.69 Å². The van der Waals surface area contributed by atoms with Gasteiger partial charge in [-0.05, 0) is 18.9 Å². The zero-order valence-corrected chi connectivity index (χ0v) is 12.2. The number of nitrogens with zero attached hydrogens (tertiary/aromatic N) is 4. The van der Waals surface area contributed by atoms with Crippen LogP contribution < -0.4 is 10.6 Å². The second-order valence-corrected chi connectivity index (χ2v) is 5.73. The smallest absolute Gasteiger partial charge is 0.139 e. The Morgan fingerprint density at radius 1 is 1.27 bits per heavy atom. The predicted molar refractivity (Wildman–Crippen MR) is 86.5 cm³/mol. The summed E-state index contributed by atoms with van der Waals surface area (Å²) in [6, 6.07) is 2.31. The molecule has 3 aromatic rings. The average molecular weight is 294 g/mol. The van der Waals surface area contributed by atoms with Gasteiger partial charge in [0.05, 0.1) is 5.39 Å². The molecule has 0 amide bonds. The fourth-order valence-electron chi connectivity index (χ4n) is 3.20. The molecule has 0 aliphatic carbocycles. The van der Waals surface area contributed by atoms with Gasteiger partial charge in [-0.2, -0.15) is 0 Å². The van der Waals surface area contributed by atoms with Gasteiger partial charge < -0.3 is 15.6 Å². The standard InChI is InChI=1S/C16H18N6/c17-12-2-1-5-22(9-12)14-3-4-20-16-15(14)13(8-21-16)11-6-18-10-19-7-11/h3-4,6-8,10,12H,1-2,5,9,17H2,(H,20,21)/t12-/m0/s1. The van der Waals surface area contributed by atoms with Crippen LogP contribution in [-0.2, 0) is 0 Å². The van der Waals surface area contributed by atoms with E-state index in [-0.39, 0.29) is 6.04 Å². The summed E-state index contributed by atoms with van der Waals surface area (Å²) in [6.07, 6.45) is 11.2. The van der Waals surface area contributed by atoms with Gasteiger partial charge in [-0.3, -0.25) is 0 Å². The molecule has 1 saturated heterocycles. The van der Waals surface area contributed by atoms with Gasteiger partial charge in [0.25, 0.3) is 0 Å². The van der Waals surface area contributed by atoms with Crippen LogP contribution in [0.25, 0.3) is 22.2 Å². The summed E-state index contributed by atoms with van der Waals surface area (Å²) >= 11 is 0. The SMILES string of the molecule is N[C@H]1CCCN(c2ccnc3[nH]cc(-c4cncnc4)c23)C1. The van der Waals surface area contributed by atoms with Crippen LogP contribution >= 0.6 is 0 Å². The molecule has 0 saturated carbocycles. The van der Waals surface area contributed by atoms with E-state index in [0.717, 1.165) is 48.1 Å². The Morgan fingerprint density at radius 3 is 2.95 bits per heavy atom. The lowest BCUT2D eigenvalue weighted by molar-refractivity contribution is 0.507. The van der Waals surface area contributed by atoms with Crippen LogP contribution in [0.5, 0.6) is 0 Å². The first-order valence-corrected chi connectivity index (χ1v) is 7.55. The van der Waals surface area contributed by atoms with Crippen molar-refractivity contribution in [2.45, 2.75) is 18.9 Å². The molecule has 6 heteroatoms. The molecule has 1 atom stereocenters. The summed E-state index contributed by atoms with van der Waals surface area (Å²) in [4.78, 5) is 18.3. The number of hydrogen-bond acceptors (Lipinski definition) is 5. The van der Waals surface area contributed by atoms with Gasteiger partial charge in [0.15, 0.2) is 0 Å². The van der Waals surface area contributed by atoms with Crippen molar-refractivity contribution in [2.75, 3.05) is 18.0 Å². The minimum atomic E-state index is 0.236. The third-order valence-electron chi connectivity index (χ3n) is 4.22. The number of anilines is 1. The number of aromatic nitrogens is 4. The van der Waals surface area contributed by atoms with Crippen molar-refractivity contribution in [3.05, 3.63) is 37.2 Å². The molecular formula is C16H18N6. The van der Waals surface area contributed by atoms with Gasteiger partial charge in [0.2, 0.25) is 0 Å². The first-order chi connectivity index (χ1) is 10.8. The molecule has 4 heterocycles. The molecule has 22 heavy (non-hydrogen) atoms. The summed E-state index contributed by atoms with van der Waals surface area (Å²) < 4.78 is 0. The highest BCUT2D eigenvalue weighted by atomic mass is 15.2. The fraction of sp³-hybridized carbons (Fsp3) is 0.312. The van der Waals surface area contributed by atoms with Crippen LogP contribution in [0.2, 0.25) is 0 Å². The molecule has 1 fully saturated rings. The molecule has 1 aliphatic heterocycles. The fourth-order valence-corrected chi connectivity index (χ4v) is 3.20. The number of aromatic amines is 1. The highest BCUT2D eigenvalue weighted by Gasteiger charge is 2.21. The zero-order chi connectivity index (χ0) is 14.9. The van der Waals surface area contributed by atoms with Crippen LogP contribution in [0, 0.1) is 0 Å². The van der Waals surface area contributed by atoms with E-state index in [0.29, 0.717) is 0 Å². The van der Waals surface area contributed by atoms with E-state index in [1.165, 1.54) is 5.69 Å². The maximum absolute atomic E-state index is 6.15. The topological polar surface area (TPSA) is 83.7 Å². The van der Waals surface area contributed by atoms with Gasteiger partial charge >= 0.3 is 0 Å².